The summed E-state index contributed by atoms with van der Waals surface area (Å²) in [4.78, 5) is 13.5. The number of anilines is 1. The first-order valence-corrected chi connectivity index (χ1v) is 10.6. The van der Waals surface area contributed by atoms with Crippen molar-refractivity contribution in [3.05, 3.63) is 41.7 Å². The predicted octanol–water partition coefficient (Wildman–Crippen LogP) is 3.26. The zero-order chi connectivity index (χ0) is 20.8. The van der Waals surface area contributed by atoms with Crippen LogP contribution in [0.3, 0.4) is 0 Å². The van der Waals surface area contributed by atoms with Gasteiger partial charge in [-0.3, -0.25) is 4.90 Å². The van der Waals surface area contributed by atoms with Gasteiger partial charge in [-0.2, -0.15) is 0 Å². The highest BCUT2D eigenvalue weighted by molar-refractivity contribution is 5.67. The lowest BCUT2D eigenvalue weighted by atomic mass is 10.0. The smallest absolute Gasteiger partial charge is 0.225 e. The first-order chi connectivity index (χ1) is 14.8. The molecule has 1 aromatic carbocycles. The maximum absolute atomic E-state index is 5.95. The van der Waals surface area contributed by atoms with E-state index < -0.39 is 0 Å². The van der Waals surface area contributed by atoms with Gasteiger partial charge in [0.2, 0.25) is 5.95 Å². The third-order valence-corrected chi connectivity index (χ3v) is 5.72. The van der Waals surface area contributed by atoms with Gasteiger partial charge >= 0.3 is 0 Å². The molecule has 160 valence electrons. The van der Waals surface area contributed by atoms with Crippen LogP contribution in [0.15, 0.2) is 36.2 Å². The molecule has 4 rings (SSSR count). The van der Waals surface area contributed by atoms with Crippen LogP contribution in [-0.2, 0) is 0 Å². The van der Waals surface area contributed by atoms with E-state index >= 15 is 0 Å². The lowest BCUT2D eigenvalue weighted by Crippen LogP contribution is -2.47. The summed E-state index contributed by atoms with van der Waals surface area (Å²) in [6.45, 7) is 5.91. The highest BCUT2D eigenvalue weighted by Crippen LogP contribution is 2.38. The predicted molar refractivity (Wildman–Crippen MR) is 118 cm³/mol. The van der Waals surface area contributed by atoms with Crippen molar-refractivity contribution in [2.45, 2.75) is 19.3 Å². The van der Waals surface area contributed by atoms with Crippen LogP contribution in [0.4, 0.5) is 5.95 Å². The number of rotatable bonds is 8. The summed E-state index contributed by atoms with van der Waals surface area (Å²) in [7, 11) is 3.30. The number of aromatic nitrogens is 2. The zero-order valence-corrected chi connectivity index (χ0v) is 17.8. The molecule has 1 fully saturated rings. The Bertz CT molecular complexity index is 864. The average Bonchev–Trinajstić information content (AvgIpc) is 2.81. The quantitative estimate of drug-likeness (QED) is 0.619. The van der Waals surface area contributed by atoms with Crippen LogP contribution >= 0.6 is 0 Å². The highest BCUT2D eigenvalue weighted by atomic mass is 16.5. The number of hydrogen-bond donors (Lipinski definition) is 0. The van der Waals surface area contributed by atoms with Crippen molar-refractivity contribution in [1.82, 2.24) is 14.9 Å². The van der Waals surface area contributed by atoms with Gasteiger partial charge in [0.05, 0.1) is 14.2 Å². The van der Waals surface area contributed by atoms with Gasteiger partial charge in [-0.05, 0) is 49.6 Å². The molecule has 2 aliphatic heterocycles. The molecule has 7 heteroatoms. The number of ether oxygens (including phenoxy) is 3. The van der Waals surface area contributed by atoms with Gasteiger partial charge < -0.3 is 19.1 Å². The van der Waals surface area contributed by atoms with Crippen molar-refractivity contribution in [1.29, 1.82) is 0 Å². The van der Waals surface area contributed by atoms with E-state index in [1.54, 1.807) is 14.2 Å². The molecule has 0 saturated carbocycles. The van der Waals surface area contributed by atoms with E-state index in [4.69, 9.17) is 14.2 Å². The lowest BCUT2D eigenvalue weighted by molar-refractivity contribution is 0.251. The number of hydrogen-bond acceptors (Lipinski definition) is 7. The molecule has 2 aromatic rings. The van der Waals surface area contributed by atoms with Gasteiger partial charge in [-0.25, -0.2) is 9.97 Å². The third kappa shape index (κ3) is 4.84. The summed E-state index contributed by atoms with van der Waals surface area (Å²) in [5.41, 5.74) is 2.40. The topological polar surface area (TPSA) is 60.0 Å². The largest absolute Gasteiger partial charge is 0.493 e. The van der Waals surface area contributed by atoms with Crippen LogP contribution in [-0.4, -0.2) is 68.4 Å². The van der Waals surface area contributed by atoms with Gasteiger partial charge in [0.25, 0.3) is 0 Å². The number of benzene rings is 1. The molecule has 0 bridgehead atoms. The SMILES string of the molecule is COc1cc2c(cc1OC)OCC(CCCCN1CCN(c3ncccn3)CC1)=C2. The van der Waals surface area contributed by atoms with E-state index in [1.807, 2.05) is 30.6 Å². The van der Waals surface area contributed by atoms with Crippen LogP contribution in [0.25, 0.3) is 6.08 Å². The number of piperazine rings is 1. The maximum Gasteiger partial charge on any atom is 0.225 e. The monoisotopic (exact) mass is 410 g/mol. The number of methoxy groups -OCH3 is 2. The molecule has 0 radical (unpaired) electrons. The fourth-order valence-electron chi connectivity index (χ4n) is 4.00. The number of fused-ring (bicyclic) bond motifs is 1. The summed E-state index contributed by atoms with van der Waals surface area (Å²) in [6.07, 6.45) is 9.27. The van der Waals surface area contributed by atoms with Gasteiger partial charge in [0, 0.05) is 50.2 Å². The van der Waals surface area contributed by atoms with Crippen LogP contribution < -0.4 is 19.1 Å². The van der Waals surface area contributed by atoms with E-state index in [-0.39, 0.29) is 0 Å². The second kappa shape index (κ2) is 9.80. The Balaban J connectivity index is 1.22. The summed E-state index contributed by atoms with van der Waals surface area (Å²) in [5.74, 6) is 3.14. The van der Waals surface area contributed by atoms with Crippen molar-refractivity contribution in [2.75, 3.05) is 58.5 Å². The van der Waals surface area contributed by atoms with E-state index in [0.29, 0.717) is 12.4 Å². The second-order valence-corrected chi connectivity index (χ2v) is 7.67. The molecule has 7 nitrogen and oxygen atoms in total. The van der Waals surface area contributed by atoms with E-state index in [1.165, 1.54) is 18.4 Å². The molecule has 3 heterocycles. The number of nitrogens with zero attached hydrogens (tertiary/aromatic N) is 4. The second-order valence-electron chi connectivity index (χ2n) is 7.67. The third-order valence-electron chi connectivity index (χ3n) is 5.72. The van der Waals surface area contributed by atoms with E-state index in [9.17, 15) is 0 Å². The molecule has 2 aliphatic rings. The Morgan fingerprint density at radius 3 is 2.43 bits per heavy atom. The molecular weight excluding hydrogens is 380 g/mol. The number of unbranched alkanes of at least 4 members (excludes halogenated alkanes) is 1. The zero-order valence-electron chi connectivity index (χ0n) is 17.8. The Kier molecular flexibility index (Phi) is 6.69. The molecule has 1 aromatic heterocycles. The van der Waals surface area contributed by atoms with Crippen molar-refractivity contribution < 1.29 is 14.2 Å². The highest BCUT2D eigenvalue weighted by Gasteiger charge is 2.19. The molecule has 0 unspecified atom stereocenters. The van der Waals surface area contributed by atoms with Crippen LogP contribution in [0.1, 0.15) is 24.8 Å². The molecule has 0 amide bonds. The molecule has 30 heavy (non-hydrogen) atoms. The minimum atomic E-state index is 0.651. The molecule has 0 aliphatic carbocycles. The molecule has 1 saturated heterocycles. The van der Waals surface area contributed by atoms with Gasteiger partial charge in [0.15, 0.2) is 11.5 Å². The summed E-state index contributed by atoms with van der Waals surface area (Å²) in [6, 6.07) is 5.75. The van der Waals surface area contributed by atoms with Crippen molar-refractivity contribution >= 4 is 12.0 Å². The van der Waals surface area contributed by atoms with Gasteiger partial charge in [-0.1, -0.05) is 0 Å². The van der Waals surface area contributed by atoms with Crippen molar-refractivity contribution in [2.24, 2.45) is 0 Å². The van der Waals surface area contributed by atoms with Crippen molar-refractivity contribution in [3.8, 4) is 17.2 Å². The first-order valence-electron chi connectivity index (χ1n) is 10.6. The molecule has 0 N–H and O–H groups in total. The fraction of sp³-hybridized carbons (Fsp3) is 0.478. The fourth-order valence-corrected chi connectivity index (χ4v) is 4.00. The Labute approximate surface area is 178 Å². The van der Waals surface area contributed by atoms with Crippen LogP contribution in [0.5, 0.6) is 17.2 Å². The van der Waals surface area contributed by atoms with Gasteiger partial charge in [-0.15, -0.1) is 0 Å². The Morgan fingerprint density at radius 1 is 0.967 bits per heavy atom. The van der Waals surface area contributed by atoms with E-state index in [0.717, 1.165) is 62.2 Å². The van der Waals surface area contributed by atoms with Crippen LogP contribution in [0.2, 0.25) is 0 Å². The summed E-state index contributed by atoms with van der Waals surface area (Å²) in [5, 5.41) is 0. The van der Waals surface area contributed by atoms with Gasteiger partial charge in [0.1, 0.15) is 12.4 Å². The lowest BCUT2D eigenvalue weighted by Gasteiger charge is -2.34. The maximum atomic E-state index is 5.95. The summed E-state index contributed by atoms with van der Waals surface area (Å²) >= 11 is 0. The first kappa shape index (κ1) is 20.5. The Hall–Kier alpha value is -2.80. The van der Waals surface area contributed by atoms with E-state index in [2.05, 4.69) is 25.8 Å². The molecular formula is C23H30N4O3. The van der Waals surface area contributed by atoms with Crippen LogP contribution in [0, 0.1) is 0 Å². The normalized spacial score (nSPS) is 16.5. The average molecular weight is 411 g/mol. The molecule has 0 atom stereocenters. The Morgan fingerprint density at radius 2 is 1.70 bits per heavy atom. The summed E-state index contributed by atoms with van der Waals surface area (Å²) < 4.78 is 16.7. The minimum absolute atomic E-state index is 0.651. The van der Waals surface area contributed by atoms with Crippen molar-refractivity contribution in [3.63, 3.8) is 0 Å². The minimum Gasteiger partial charge on any atom is -0.493 e. The standard InChI is InChI=1S/C23H30N4O3/c1-28-21-15-19-14-18(17-30-20(19)16-22(21)29-2)6-3-4-9-26-10-12-27(13-11-26)23-24-7-5-8-25-23/h5,7-8,14-16H,3-4,6,9-13,17H2,1-2H3. The molecule has 0 spiro atoms.